The lowest BCUT2D eigenvalue weighted by Crippen LogP contribution is -2.53. The summed E-state index contributed by atoms with van der Waals surface area (Å²) in [5.74, 6) is 0. The van der Waals surface area contributed by atoms with Crippen molar-refractivity contribution in [3.63, 3.8) is 0 Å². The van der Waals surface area contributed by atoms with E-state index in [1.165, 1.54) is 6.92 Å². The molecule has 5 heteroatoms. The fourth-order valence-electron chi connectivity index (χ4n) is 1.35. The van der Waals surface area contributed by atoms with Crippen LogP contribution >= 0.6 is 0 Å². The first kappa shape index (κ1) is 10.9. The lowest BCUT2D eigenvalue weighted by Gasteiger charge is -2.39. The van der Waals surface area contributed by atoms with Crippen molar-refractivity contribution >= 4 is 10.0 Å². The zero-order valence-corrected chi connectivity index (χ0v) is 8.89. The van der Waals surface area contributed by atoms with Crippen molar-refractivity contribution in [2.75, 3.05) is 6.61 Å². The van der Waals surface area contributed by atoms with E-state index in [0.717, 1.165) is 19.3 Å². The monoisotopic (exact) mass is 207 g/mol. The molecule has 13 heavy (non-hydrogen) atoms. The summed E-state index contributed by atoms with van der Waals surface area (Å²) in [5, 5.41) is 8.02. The van der Waals surface area contributed by atoms with Gasteiger partial charge in [0.05, 0.1) is 11.9 Å². The van der Waals surface area contributed by atoms with E-state index in [2.05, 4.69) is 4.72 Å². The van der Waals surface area contributed by atoms with E-state index in [9.17, 15) is 8.42 Å². The van der Waals surface area contributed by atoms with Crippen LogP contribution in [-0.2, 0) is 10.0 Å². The van der Waals surface area contributed by atoms with Gasteiger partial charge in [-0.05, 0) is 33.1 Å². The van der Waals surface area contributed by atoms with Crippen molar-refractivity contribution in [3.05, 3.63) is 0 Å². The van der Waals surface area contributed by atoms with Crippen LogP contribution in [0.2, 0.25) is 0 Å². The average molecular weight is 207 g/mol. The molecule has 0 bridgehead atoms. The quantitative estimate of drug-likeness (QED) is 0.693. The lowest BCUT2D eigenvalue weighted by molar-refractivity contribution is 0.243. The van der Waals surface area contributed by atoms with Crippen LogP contribution in [-0.4, -0.2) is 30.9 Å². The molecule has 0 spiro atoms. The van der Waals surface area contributed by atoms with Crippen molar-refractivity contribution in [2.24, 2.45) is 0 Å². The number of nitrogens with one attached hydrogen (secondary N) is 1. The average Bonchev–Trinajstić information content (AvgIpc) is 1.99. The molecule has 0 amide bonds. The molecule has 2 N–H and O–H groups in total. The van der Waals surface area contributed by atoms with E-state index in [1.807, 2.05) is 6.92 Å². The van der Waals surface area contributed by atoms with E-state index < -0.39 is 15.3 Å². The smallest absolute Gasteiger partial charge is 0.216 e. The molecule has 78 valence electrons. The van der Waals surface area contributed by atoms with Gasteiger partial charge in [0.2, 0.25) is 10.0 Å². The van der Waals surface area contributed by atoms with Gasteiger partial charge in [-0.3, -0.25) is 0 Å². The third kappa shape index (κ3) is 2.42. The molecule has 1 fully saturated rings. The SMILES string of the molecule is CC(CO)S(=O)(=O)NC1(C)CCC1. The minimum absolute atomic E-state index is 0.262. The number of aliphatic hydroxyl groups is 1. The Morgan fingerprint density at radius 3 is 2.38 bits per heavy atom. The number of rotatable bonds is 4. The van der Waals surface area contributed by atoms with E-state index in [1.54, 1.807) is 0 Å². The second kappa shape index (κ2) is 3.55. The Morgan fingerprint density at radius 2 is 2.08 bits per heavy atom. The minimum atomic E-state index is -3.33. The van der Waals surface area contributed by atoms with Gasteiger partial charge in [-0.1, -0.05) is 0 Å². The Morgan fingerprint density at radius 1 is 1.54 bits per heavy atom. The molecule has 1 unspecified atom stereocenters. The molecular formula is C8H17NO3S. The van der Waals surface area contributed by atoms with Gasteiger partial charge in [0, 0.05) is 5.54 Å². The molecule has 0 saturated heterocycles. The zero-order valence-electron chi connectivity index (χ0n) is 8.08. The van der Waals surface area contributed by atoms with Gasteiger partial charge in [0.15, 0.2) is 0 Å². The van der Waals surface area contributed by atoms with Crippen LogP contribution < -0.4 is 4.72 Å². The van der Waals surface area contributed by atoms with Crippen LogP contribution in [0.5, 0.6) is 0 Å². The lowest BCUT2D eigenvalue weighted by atomic mass is 9.80. The zero-order chi connectivity index (χ0) is 10.1. The third-order valence-electron chi connectivity index (χ3n) is 2.63. The second-order valence-electron chi connectivity index (χ2n) is 4.05. The van der Waals surface area contributed by atoms with Crippen molar-refractivity contribution in [3.8, 4) is 0 Å². The summed E-state index contributed by atoms with van der Waals surface area (Å²) in [6.07, 6.45) is 2.86. The summed E-state index contributed by atoms with van der Waals surface area (Å²) in [6.45, 7) is 3.08. The maximum Gasteiger partial charge on any atom is 0.216 e. The number of aliphatic hydroxyl groups excluding tert-OH is 1. The van der Waals surface area contributed by atoms with Gasteiger partial charge in [-0.2, -0.15) is 0 Å². The standard InChI is InChI=1S/C8H17NO3S/c1-7(6-10)13(11,12)9-8(2)4-3-5-8/h7,9-10H,3-6H2,1-2H3. The topological polar surface area (TPSA) is 66.4 Å². The summed E-state index contributed by atoms with van der Waals surface area (Å²) >= 11 is 0. The third-order valence-corrected chi connectivity index (χ3v) is 4.62. The number of sulfonamides is 1. The summed E-state index contributed by atoms with van der Waals surface area (Å²) in [5.41, 5.74) is -0.262. The molecule has 0 heterocycles. The van der Waals surface area contributed by atoms with Gasteiger partial charge in [0.1, 0.15) is 0 Å². The largest absolute Gasteiger partial charge is 0.395 e. The predicted octanol–water partition coefficient (Wildman–Crippen LogP) is 0.229. The van der Waals surface area contributed by atoms with Crippen LogP contribution in [0, 0.1) is 0 Å². The molecule has 4 nitrogen and oxygen atoms in total. The Hall–Kier alpha value is -0.130. The first-order valence-electron chi connectivity index (χ1n) is 4.53. The second-order valence-corrected chi connectivity index (χ2v) is 6.15. The molecule has 0 radical (unpaired) electrons. The van der Waals surface area contributed by atoms with Crippen LogP contribution in [0.1, 0.15) is 33.1 Å². The van der Waals surface area contributed by atoms with Gasteiger partial charge in [-0.25, -0.2) is 13.1 Å². The van der Waals surface area contributed by atoms with Gasteiger partial charge < -0.3 is 5.11 Å². The van der Waals surface area contributed by atoms with E-state index >= 15 is 0 Å². The molecule has 0 aromatic carbocycles. The van der Waals surface area contributed by atoms with Crippen molar-refractivity contribution in [1.29, 1.82) is 0 Å². The highest BCUT2D eigenvalue weighted by Gasteiger charge is 2.37. The fourth-order valence-corrected chi connectivity index (χ4v) is 2.64. The first-order chi connectivity index (χ1) is 5.90. The Kier molecular flexibility index (Phi) is 2.99. The van der Waals surface area contributed by atoms with Gasteiger partial charge in [-0.15, -0.1) is 0 Å². The maximum absolute atomic E-state index is 11.5. The molecule has 1 aliphatic rings. The molecule has 1 saturated carbocycles. The highest BCUT2D eigenvalue weighted by atomic mass is 32.2. The Labute approximate surface area is 79.4 Å². The Bertz CT molecular complexity index is 269. The van der Waals surface area contributed by atoms with Crippen molar-refractivity contribution < 1.29 is 13.5 Å². The van der Waals surface area contributed by atoms with E-state index in [0.29, 0.717) is 0 Å². The van der Waals surface area contributed by atoms with Crippen molar-refractivity contribution in [2.45, 2.75) is 43.9 Å². The molecule has 1 aliphatic carbocycles. The predicted molar refractivity (Wildman–Crippen MR) is 50.9 cm³/mol. The molecule has 0 aromatic heterocycles. The molecule has 1 atom stereocenters. The Balaban J connectivity index is 2.61. The van der Waals surface area contributed by atoms with E-state index in [-0.39, 0.29) is 12.1 Å². The molecular weight excluding hydrogens is 190 g/mol. The van der Waals surface area contributed by atoms with Crippen LogP contribution in [0.4, 0.5) is 0 Å². The summed E-state index contributed by atoms with van der Waals surface area (Å²) < 4.78 is 25.6. The summed E-state index contributed by atoms with van der Waals surface area (Å²) in [7, 11) is -3.33. The molecule has 0 aliphatic heterocycles. The molecule has 1 rings (SSSR count). The van der Waals surface area contributed by atoms with Crippen LogP contribution in [0.25, 0.3) is 0 Å². The summed E-state index contributed by atoms with van der Waals surface area (Å²) in [4.78, 5) is 0. The van der Waals surface area contributed by atoms with Crippen molar-refractivity contribution in [1.82, 2.24) is 4.72 Å². The van der Waals surface area contributed by atoms with Crippen LogP contribution in [0.15, 0.2) is 0 Å². The summed E-state index contributed by atoms with van der Waals surface area (Å²) in [6, 6.07) is 0. The van der Waals surface area contributed by atoms with Gasteiger partial charge in [0.25, 0.3) is 0 Å². The fraction of sp³-hybridized carbons (Fsp3) is 1.00. The maximum atomic E-state index is 11.5. The van der Waals surface area contributed by atoms with Crippen LogP contribution in [0.3, 0.4) is 0 Å². The molecule has 0 aromatic rings. The van der Waals surface area contributed by atoms with E-state index in [4.69, 9.17) is 5.11 Å². The highest BCUT2D eigenvalue weighted by molar-refractivity contribution is 7.90. The highest BCUT2D eigenvalue weighted by Crippen LogP contribution is 2.31. The number of hydrogen-bond acceptors (Lipinski definition) is 3. The van der Waals surface area contributed by atoms with Gasteiger partial charge >= 0.3 is 0 Å². The number of hydrogen-bond donors (Lipinski definition) is 2. The normalized spacial score (nSPS) is 23.6. The minimum Gasteiger partial charge on any atom is -0.395 e. The first-order valence-corrected chi connectivity index (χ1v) is 6.08.